The standard InChI is InChI=1S/C23H25NO3/c1-3-21(27-20-13-12-18-9-5-6-10-19(18)16-20)23(25)24-14-15-26-22-11-7-4-8-17(22)2/h4-13,16,21H,3,14-15H2,1-2H3,(H,24,25)/t21-/m1/s1. The maximum Gasteiger partial charge on any atom is 0.261 e. The highest BCUT2D eigenvalue weighted by Crippen LogP contribution is 2.22. The molecule has 0 aliphatic carbocycles. The highest BCUT2D eigenvalue weighted by molar-refractivity contribution is 5.84. The van der Waals surface area contributed by atoms with Gasteiger partial charge in [0.1, 0.15) is 18.1 Å². The number of carbonyl (C=O) groups excluding carboxylic acids is 1. The summed E-state index contributed by atoms with van der Waals surface area (Å²) >= 11 is 0. The molecule has 3 rings (SSSR count). The third-order valence-electron chi connectivity index (χ3n) is 4.41. The number of hydrogen-bond acceptors (Lipinski definition) is 3. The Morgan fingerprint density at radius 1 is 1.00 bits per heavy atom. The van der Waals surface area contributed by atoms with Gasteiger partial charge in [-0.15, -0.1) is 0 Å². The Morgan fingerprint density at radius 2 is 1.74 bits per heavy atom. The number of carbonyl (C=O) groups is 1. The first-order chi connectivity index (χ1) is 13.2. The minimum absolute atomic E-state index is 0.126. The topological polar surface area (TPSA) is 47.6 Å². The van der Waals surface area contributed by atoms with Crippen molar-refractivity contribution in [3.63, 3.8) is 0 Å². The first kappa shape index (κ1) is 18.8. The van der Waals surface area contributed by atoms with E-state index in [1.54, 1.807) is 0 Å². The summed E-state index contributed by atoms with van der Waals surface area (Å²) in [7, 11) is 0. The number of aryl methyl sites for hydroxylation is 1. The number of amides is 1. The van der Waals surface area contributed by atoms with Gasteiger partial charge in [0.2, 0.25) is 0 Å². The van der Waals surface area contributed by atoms with E-state index >= 15 is 0 Å². The Kier molecular flexibility index (Phi) is 6.31. The van der Waals surface area contributed by atoms with Gasteiger partial charge in [0.05, 0.1) is 6.54 Å². The van der Waals surface area contributed by atoms with E-state index in [1.165, 1.54) is 0 Å². The van der Waals surface area contributed by atoms with Gasteiger partial charge in [-0.25, -0.2) is 0 Å². The predicted molar refractivity (Wildman–Crippen MR) is 108 cm³/mol. The molecule has 0 radical (unpaired) electrons. The Morgan fingerprint density at radius 3 is 2.52 bits per heavy atom. The highest BCUT2D eigenvalue weighted by Gasteiger charge is 2.18. The second-order valence-electron chi connectivity index (χ2n) is 6.43. The normalized spacial score (nSPS) is 11.8. The monoisotopic (exact) mass is 363 g/mol. The lowest BCUT2D eigenvalue weighted by Gasteiger charge is -2.18. The zero-order valence-corrected chi connectivity index (χ0v) is 15.8. The maximum absolute atomic E-state index is 12.4. The van der Waals surface area contributed by atoms with Gasteiger partial charge >= 0.3 is 0 Å². The lowest BCUT2D eigenvalue weighted by Crippen LogP contribution is -2.39. The molecule has 0 bridgehead atoms. The summed E-state index contributed by atoms with van der Waals surface area (Å²) in [6.45, 7) is 4.79. The molecule has 1 atom stereocenters. The minimum Gasteiger partial charge on any atom is -0.491 e. The zero-order chi connectivity index (χ0) is 19.1. The fourth-order valence-electron chi connectivity index (χ4n) is 2.89. The first-order valence-electron chi connectivity index (χ1n) is 9.29. The molecule has 0 aliphatic rings. The van der Waals surface area contributed by atoms with Crippen LogP contribution in [0.4, 0.5) is 0 Å². The van der Waals surface area contributed by atoms with E-state index in [0.29, 0.717) is 25.3 Å². The van der Waals surface area contributed by atoms with Crippen LogP contribution in [0.3, 0.4) is 0 Å². The van der Waals surface area contributed by atoms with E-state index in [-0.39, 0.29) is 5.91 Å². The van der Waals surface area contributed by atoms with E-state index in [4.69, 9.17) is 9.47 Å². The average Bonchev–Trinajstić information content (AvgIpc) is 2.70. The van der Waals surface area contributed by atoms with Crippen molar-refractivity contribution in [3.05, 3.63) is 72.3 Å². The Bertz CT molecular complexity index is 907. The van der Waals surface area contributed by atoms with E-state index in [9.17, 15) is 4.79 Å². The summed E-state index contributed by atoms with van der Waals surface area (Å²) in [5.74, 6) is 1.41. The van der Waals surface area contributed by atoms with Crippen molar-refractivity contribution in [1.82, 2.24) is 5.32 Å². The molecule has 3 aromatic rings. The van der Waals surface area contributed by atoms with Crippen LogP contribution >= 0.6 is 0 Å². The van der Waals surface area contributed by atoms with Crippen molar-refractivity contribution in [2.45, 2.75) is 26.4 Å². The number of ether oxygens (including phenoxy) is 2. The smallest absolute Gasteiger partial charge is 0.261 e. The minimum atomic E-state index is -0.523. The molecule has 27 heavy (non-hydrogen) atoms. The summed E-state index contributed by atoms with van der Waals surface area (Å²) in [4.78, 5) is 12.4. The van der Waals surface area contributed by atoms with Gasteiger partial charge in [-0.05, 0) is 47.9 Å². The molecule has 0 unspecified atom stereocenters. The van der Waals surface area contributed by atoms with Crippen LogP contribution in [0.2, 0.25) is 0 Å². The molecule has 0 spiro atoms. The van der Waals surface area contributed by atoms with Crippen molar-refractivity contribution in [3.8, 4) is 11.5 Å². The first-order valence-corrected chi connectivity index (χ1v) is 9.29. The zero-order valence-electron chi connectivity index (χ0n) is 15.8. The van der Waals surface area contributed by atoms with Crippen molar-refractivity contribution < 1.29 is 14.3 Å². The lowest BCUT2D eigenvalue weighted by molar-refractivity contribution is -0.128. The Labute approximate surface area is 160 Å². The third kappa shape index (κ3) is 5.00. The molecule has 0 aromatic heterocycles. The lowest BCUT2D eigenvalue weighted by atomic mass is 10.1. The highest BCUT2D eigenvalue weighted by atomic mass is 16.5. The van der Waals surface area contributed by atoms with E-state index < -0.39 is 6.10 Å². The van der Waals surface area contributed by atoms with Gasteiger partial charge in [0.25, 0.3) is 5.91 Å². The molecule has 140 valence electrons. The van der Waals surface area contributed by atoms with E-state index in [2.05, 4.69) is 11.4 Å². The summed E-state index contributed by atoms with van der Waals surface area (Å²) in [6.07, 6.45) is 0.0711. The van der Waals surface area contributed by atoms with E-state index in [0.717, 1.165) is 22.1 Å². The number of hydrogen-bond donors (Lipinski definition) is 1. The van der Waals surface area contributed by atoms with Crippen LogP contribution in [0.1, 0.15) is 18.9 Å². The van der Waals surface area contributed by atoms with Crippen LogP contribution in [0.25, 0.3) is 10.8 Å². The van der Waals surface area contributed by atoms with Crippen LogP contribution in [0, 0.1) is 6.92 Å². The molecule has 4 heteroatoms. The van der Waals surface area contributed by atoms with Crippen LogP contribution in [0.15, 0.2) is 66.7 Å². The number of nitrogens with one attached hydrogen (secondary N) is 1. The van der Waals surface area contributed by atoms with E-state index in [1.807, 2.05) is 74.5 Å². The van der Waals surface area contributed by atoms with Gasteiger partial charge in [-0.2, -0.15) is 0 Å². The largest absolute Gasteiger partial charge is 0.491 e. The van der Waals surface area contributed by atoms with Crippen LogP contribution in [0.5, 0.6) is 11.5 Å². The molecule has 0 aliphatic heterocycles. The number of fused-ring (bicyclic) bond motifs is 1. The molecule has 0 heterocycles. The van der Waals surface area contributed by atoms with Crippen LogP contribution in [-0.4, -0.2) is 25.2 Å². The summed E-state index contributed by atoms with van der Waals surface area (Å²) in [5.41, 5.74) is 1.08. The van der Waals surface area contributed by atoms with Gasteiger partial charge in [0, 0.05) is 0 Å². The average molecular weight is 363 g/mol. The van der Waals surface area contributed by atoms with Crippen molar-refractivity contribution >= 4 is 16.7 Å². The fraction of sp³-hybridized carbons (Fsp3) is 0.261. The fourth-order valence-corrected chi connectivity index (χ4v) is 2.89. The quantitative estimate of drug-likeness (QED) is 0.600. The Balaban J connectivity index is 1.51. The van der Waals surface area contributed by atoms with Gasteiger partial charge < -0.3 is 14.8 Å². The maximum atomic E-state index is 12.4. The number of benzene rings is 3. The summed E-state index contributed by atoms with van der Waals surface area (Å²) in [5, 5.41) is 5.14. The van der Waals surface area contributed by atoms with Gasteiger partial charge in [-0.1, -0.05) is 55.5 Å². The molecule has 4 nitrogen and oxygen atoms in total. The van der Waals surface area contributed by atoms with Crippen LogP contribution < -0.4 is 14.8 Å². The summed E-state index contributed by atoms with van der Waals surface area (Å²) in [6, 6.07) is 21.8. The molecule has 0 fully saturated rings. The summed E-state index contributed by atoms with van der Waals surface area (Å²) < 4.78 is 11.6. The molecule has 1 N–H and O–H groups in total. The molecular formula is C23H25NO3. The third-order valence-corrected chi connectivity index (χ3v) is 4.41. The predicted octanol–water partition coefficient (Wildman–Crippen LogP) is 4.50. The van der Waals surface area contributed by atoms with Crippen LogP contribution in [-0.2, 0) is 4.79 Å². The SMILES string of the molecule is CC[C@@H](Oc1ccc2ccccc2c1)C(=O)NCCOc1ccccc1C. The number of rotatable bonds is 8. The molecule has 0 saturated carbocycles. The van der Waals surface area contributed by atoms with Gasteiger partial charge in [0.15, 0.2) is 6.10 Å². The van der Waals surface area contributed by atoms with Crippen molar-refractivity contribution in [2.24, 2.45) is 0 Å². The molecule has 3 aromatic carbocycles. The molecule has 0 saturated heterocycles. The van der Waals surface area contributed by atoms with Crippen molar-refractivity contribution in [2.75, 3.05) is 13.2 Å². The second-order valence-corrected chi connectivity index (χ2v) is 6.43. The van der Waals surface area contributed by atoms with Crippen molar-refractivity contribution in [1.29, 1.82) is 0 Å². The second kappa shape index (κ2) is 9.08. The Hall–Kier alpha value is -3.01. The van der Waals surface area contributed by atoms with Gasteiger partial charge in [-0.3, -0.25) is 4.79 Å². The molecule has 1 amide bonds. The molecular weight excluding hydrogens is 338 g/mol. The number of para-hydroxylation sites is 1.